The molecule has 4 rings (SSSR count). The maximum absolute atomic E-state index is 12.5. The molecular weight excluding hydrogens is 545 g/mol. The number of rotatable bonds is 13. The van der Waals surface area contributed by atoms with Gasteiger partial charge in [0, 0.05) is 40.8 Å². The largest absolute Gasteiger partial charge is 1.00 e. The Bertz CT molecular complexity index is 1380. The van der Waals surface area contributed by atoms with E-state index in [4.69, 9.17) is 11.6 Å². The Balaban J connectivity index is 0.00000462. The van der Waals surface area contributed by atoms with Crippen LogP contribution in [-0.2, 0) is 6.42 Å². The molecule has 8 heteroatoms. The number of hydrogen-bond acceptors (Lipinski definition) is 4. The van der Waals surface area contributed by atoms with Gasteiger partial charge in [0.25, 0.3) is 11.8 Å². The molecule has 4 aromatic rings. The van der Waals surface area contributed by atoms with Crippen LogP contribution in [0.2, 0.25) is 5.02 Å². The third-order valence-electron chi connectivity index (χ3n) is 6.62. The van der Waals surface area contributed by atoms with Crippen molar-refractivity contribution in [2.45, 2.75) is 25.2 Å². The molecule has 206 valence electrons. The Morgan fingerprint density at radius 1 is 0.756 bits per heavy atom. The number of hydrogen-bond donors (Lipinski definition) is 3. The minimum Gasteiger partial charge on any atom is -0.872 e. The Kier molecular flexibility index (Phi) is 13.4. The molecule has 1 atom stereocenters. The summed E-state index contributed by atoms with van der Waals surface area (Å²) in [5.74, 6) is -0.0830. The van der Waals surface area contributed by atoms with Crippen molar-refractivity contribution < 1.29 is 44.3 Å². The van der Waals surface area contributed by atoms with Gasteiger partial charge in [0.05, 0.1) is 0 Å². The van der Waals surface area contributed by atoms with E-state index in [1.165, 1.54) is 5.56 Å². The molecule has 0 aliphatic carbocycles. The first-order valence-electron chi connectivity index (χ1n) is 13.4. The average Bonchev–Trinajstić information content (AvgIpc) is 2.97. The van der Waals surface area contributed by atoms with Crippen LogP contribution >= 0.6 is 11.6 Å². The number of nitrogens with one attached hydrogen (secondary N) is 3. The van der Waals surface area contributed by atoms with Crippen molar-refractivity contribution in [1.82, 2.24) is 10.6 Å². The van der Waals surface area contributed by atoms with E-state index < -0.39 is 0 Å². The summed E-state index contributed by atoms with van der Waals surface area (Å²) < 4.78 is 0. The molecule has 0 aliphatic rings. The van der Waals surface area contributed by atoms with Gasteiger partial charge in [-0.2, -0.15) is 0 Å². The first-order chi connectivity index (χ1) is 19.5. The number of amides is 2. The second kappa shape index (κ2) is 17.0. The molecule has 0 radical (unpaired) electrons. The molecule has 2 amide bonds. The first-order valence-corrected chi connectivity index (χ1v) is 13.8. The van der Waals surface area contributed by atoms with Crippen LogP contribution in [0.25, 0.3) is 0 Å². The molecular formula is C33H33ClN3NaO3. The molecule has 1 unspecified atom stereocenters. The van der Waals surface area contributed by atoms with Crippen LogP contribution in [-0.4, -0.2) is 31.4 Å². The maximum Gasteiger partial charge on any atom is 1.00 e. The average molecular weight is 578 g/mol. The number of anilines is 1. The molecule has 4 aromatic carbocycles. The Morgan fingerprint density at radius 3 is 2.12 bits per heavy atom. The van der Waals surface area contributed by atoms with Crippen molar-refractivity contribution in [3.05, 3.63) is 130 Å². The number of halogens is 1. The zero-order valence-corrected chi connectivity index (χ0v) is 26.0. The van der Waals surface area contributed by atoms with Crippen molar-refractivity contribution in [3.8, 4) is 5.75 Å². The molecule has 0 saturated carbocycles. The van der Waals surface area contributed by atoms with Gasteiger partial charge in [0.1, 0.15) is 0 Å². The number of unbranched alkanes of at least 4 members (excludes halogenated alkanes) is 1. The fraction of sp³-hybridized carbons (Fsp3) is 0.212. The molecule has 0 aliphatic heterocycles. The topological polar surface area (TPSA) is 93.3 Å². The van der Waals surface area contributed by atoms with Crippen LogP contribution in [0.3, 0.4) is 0 Å². The van der Waals surface area contributed by atoms with Crippen molar-refractivity contribution in [1.29, 1.82) is 0 Å². The summed E-state index contributed by atoms with van der Waals surface area (Å²) in [6.07, 6.45) is 2.57. The van der Waals surface area contributed by atoms with Gasteiger partial charge in [-0.3, -0.25) is 9.59 Å². The molecule has 0 saturated heterocycles. The van der Waals surface area contributed by atoms with E-state index in [-0.39, 0.29) is 53.0 Å². The number of carbonyl (C=O) groups is 2. The van der Waals surface area contributed by atoms with E-state index in [0.29, 0.717) is 28.4 Å². The van der Waals surface area contributed by atoms with Gasteiger partial charge < -0.3 is 21.1 Å². The molecule has 0 aromatic heterocycles. The van der Waals surface area contributed by atoms with Crippen LogP contribution in [0.4, 0.5) is 5.69 Å². The normalized spacial score (nSPS) is 11.2. The van der Waals surface area contributed by atoms with E-state index in [0.717, 1.165) is 37.9 Å². The van der Waals surface area contributed by atoms with Crippen LogP contribution in [0, 0.1) is 0 Å². The Hall–Kier alpha value is -3.13. The fourth-order valence-electron chi connectivity index (χ4n) is 4.45. The summed E-state index contributed by atoms with van der Waals surface area (Å²) in [5, 5.41) is 21.6. The van der Waals surface area contributed by atoms with Crippen molar-refractivity contribution in [2.24, 2.45) is 0 Å². The third kappa shape index (κ3) is 10.7. The van der Waals surface area contributed by atoms with Gasteiger partial charge in [0.2, 0.25) is 0 Å². The van der Waals surface area contributed by atoms with Gasteiger partial charge in [-0.1, -0.05) is 66.2 Å². The smallest absolute Gasteiger partial charge is 0.872 e. The predicted molar refractivity (Wildman–Crippen MR) is 159 cm³/mol. The van der Waals surface area contributed by atoms with Crippen LogP contribution in [0.15, 0.2) is 103 Å². The van der Waals surface area contributed by atoms with E-state index in [2.05, 4.69) is 28.1 Å². The van der Waals surface area contributed by atoms with Crippen molar-refractivity contribution >= 4 is 29.1 Å². The van der Waals surface area contributed by atoms with E-state index in [1.807, 2.05) is 30.3 Å². The first kappa shape index (κ1) is 32.4. The SMILES string of the molecule is O=C(NCCCCNCC(Cc1cccc([O-])c1)c1ccccc1)c1ccc(NC(=O)c2ccc(Cl)cc2)cc1.[Na+]. The quantitative estimate of drug-likeness (QED) is 0.168. The summed E-state index contributed by atoms with van der Waals surface area (Å²) in [6.45, 7) is 2.22. The second-order valence-corrected chi connectivity index (χ2v) is 10.1. The third-order valence-corrected chi connectivity index (χ3v) is 6.87. The zero-order chi connectivity index (χ0) is 28.2. The summed E-state index contributed by atoms with van der Waals surface area (Å²) in [5.41, 5.74) is 3.94. The number of carbonyl (C=O) groups excluding carboxylic acids is 2. The predicted octanol–water partition coefficient (Wildman–Crippen LogP) is 2.80. The zero-order valence-electron chi connectivity index (χ0n) is 23.2. The monoisotopic (exact) mass is 577 g/mol. The minimum atomic E-state index is -0.241. The van der Waals surface area contributed by atoms with Gasteiger partial charge in [-0.15, -0.1) is 5.75 Å². The van der Waals surface area contributed by atoms with Gasteiger partial charge in [-0.25, -0.2) is 0 Å². The van der Waals surface area contributed by atoms with Crippen LogP contribution in [0.5, 0.6) is 5.75 Å². The molecule has 0 spiro atoms. The molecule has 41 heavy (non-hydrogen) atoms. The number of benzene rings is 4. The van der Waals surface area contributed by atoms with E-state index >= 15 is 0 Å². The van der Waals surface area contributed by atoms with Crippen molar-refractivity contribution in [3.63, 3.8) is 0 Å². The minimum absolute atomic E-state index is 0. The molecule has 0 bridgehead atoms. The van der Waals surface area contributed by atoms with Gasteiger partial charge in [0.15, 0.2) is 0 Å². The Morgan fingerprint density at radius 2 is 1.41 bits per heavy atom. The van der Waals surface area contributed by atoms with E-state index in [1.54, 1.807) is 60.7 Å². The van der Waals surface area contributed by atoms with Gasteiger partial charge in [-0.05, 0) is 85.5 Å². The molecule has 0 heterocycles. The molecule has 3 N–H and O–H groups in total. The standard InChI is InChI=1S/C33H34ClN3O3.Na/c34-29-15-11-27(12-16-29)33(40)37-30-17-13-26(14-18-30)32(39)36-20-5-4-19-35-23-28(25-8-2-1-3-9-25)21-24-7-6-10-31(38)22-24;/h1-3,6-18,22,28,35,38H,4-5,19-21,23H2,(H,36,39)(H,37,40);/q;+1/p-1. The Labute approximate surface area is 268 Å². The molecule has 6 nitrogen and oxygen atoms in total. The van der Waals surface area contributed by atoms with E-state index in [9.17, 15) is 14.7 Å². The summed E-state index contributed by atoms with van der Waals surface area (Å²) >= 11 is 5.87. The maximum atomic E-state index is 12.5. The summed E-state index contributed by atoms with van der Waals surface area (Å²) in [7, 11) is 0. The fourth-order valence-corrected chi connectivity index (χ4v) is 4.58. The summed E-state index contributed by atoms with van der Waals surface area (Å²) in [4.78, 5) is 24.9. The van der Waals surface area contributed by atoms with Crippen LogP contribution in [0.1, 0.15) is 50.6 Å². The molecule has 0 fully saturated rings. The van der Waals surface area contributed by atoms with Crippen LogP contribution < -0.4 is 50.6 Å². The van der Waals surface area contributed by atoms with Gasteiger partial charge >= 0.3 is 29.6 Å². The summed E-state index contributed by atoms with van der Waals surface area (Å²) in [6, 6.07) is 30.9. The second-order valence-electron chi connectivity index (χ2n) is 9.66. The van der Waals surface area contributed by atoms with Crippen molar-refractivity contribution in [2.75, 3.05) is 25.0 Å².